The number of hydrogen-bond acceptors (Lipinski definition) is 6. The molecular weight excluding hydrogens is 286 g/mol. The van der Waals surface area contributed by atoms with E-state index in [1.807, 2.05) is 30.0 Å². The Labute approximate surface area is 129 Å². The van der Waals surface area contributed by atoms with Crippen LogP contribution in [0.15, 0.2) is 34.9 Å². The SMILES string of the molecule is OCCCSCCNCc1nc(Cc2ccccc2)no1. The van der Waals surface area contributed by atoms with E-state index in [9.17, 15) is 0 Å². The first-order valence-electron chi connectivity index (χ1n) is 7.13. The molecule has 0 bridgehead atoms. The molecule has 0 aliphatic heterocycles. The topological polar surface area (TPSA) is 71.2 Å². The van der Waals surface area contributed by atoms with Crippen molar-refractivity contribution in [1.29, 1.82) is 0 Å². The van der Waals surface area contributed by atoms with E-state index in [1.54, 1.807) is 0 Å². The quantitative estimate of drug-likeness (QED) is 0.653. The molecule has 114 valence electrons. The summed E-state index contributed by atoms with van der Waals surface area (Å²) in [6.07, 6.45) is 1.55. The van der Waals surface area contributed by atoms with Crippen molar-refractivity contribution < 1.29 is 9.63 Å². The highest BCUT2D eigenvalue weighted by Gasteiger charge is 2.06. The number of nitrogens with zero attached hydrogens (tertiary/aromatic N) is 2. The summed E-state index contributed by atoms with van der Waals surface area (Å²) in [5.41, 5.74) is 1.18. The molecular formula is C15H21N3O2S. The van der Waals surface area contributed by atoms with Crippen LogP contribution in [0.2, 0.25) is 0 Å². The van der Waals surface area contributed by atoms with Crippen molar-refractivity contribution in [3.05, 3.63) is 47.6 Å². The minimum absolute atomic E-state index is 0.270. The van der Waals surface area contributed by atoms with Crippen LogP contribution >= 0.6 is 11.8 Å². The number of aromatic nitrogens is 2. The van der Waals surface area contributed by atoms with Crippen molar-refractivity contribution in [3.8, 4) is 0 Å². The van der Waals surface area contributed by atoms with Crippen LogP contribution in [0.25, 0.3) is 0 Å². The molecule has 0 atom stereocenters. The maximum absolute atomic E-state index is 8.67. The lowest BCUT2D eigenvalue weighted by atomic mass is 10.1. The third kappa shape index (κ3) is 6.29. The second kappa shape index (κ2) is 9.55. The molecule has 0 aliphatic carbocycles. The van der Waals surface area contributed by atoms with Crippen molar-refractivity contribution in [1.82, 2.24) is 15.5 Å². The van der Waals surface area contributed by atoms with Gasteiger partial charge in [0.1, 0.15) is 0 Å². The monoisotopic (exact) mass is 307 g/mol. The molecule has 2 rings (SSSR count). The zero-order valence-corrected chi connectivity index (χ0v) is 12.8. The average molecular weight is 307 g/mol. The normalized spacial score (nSPS) is 10.9. The predicted molar refractivity (Wildman–Crippen MR) is 84.3 cm³/mol. The summed E-state index contributed by atoms with van der Waals surface area (Å²) in [4.78, 5) is 4.37. The Bertz CT molecular complexity index is 505. The Kier molecular flexibility index (Phi) is 7.28. The first-order chi connectivity index (χ1) is 10.4. The molecule has 0 unspecified atom stereocenters. The fraction of sp³-hybridized carbons (Fsp3) is 0.467. The van der Waals surface area contributed by atoms with Gasteiger partial charge in [0.15, 0.2) is 5.82 Å². The summed E-state index contributed by atoms with van der Waals surface area (Å²) in [6.45, 7) is 1.77. The lowest BCUT2D eigenvalue weighted by molar-refractivity contribution is 0.296. The van der Waals surface area contributed by atoms with Gasteiger partial charge in [-0.3, -0.25) is 0 Å². The molecule has 0 fully saturated rings. The summed E-state index contributed by atoms with van der Waals surface area (Å²) in [6, 6.07) is 10.1. The Morgan fingerprint density at radius 2 is 2.05 bits per heavy atom. The van der Waals surface area contributed by atoms with Crippen LogP contribution in [0.3, 0.4) is 0 Å². The molecule has 0 aliphatic rings. The van der Waals surface area contributed by atoms with E-state index in [4.69, 9.17) is 9.63 Å². The summed E-state index contributed by atoms with van der Waals surface area (Å²) in [5, 5.41) is 15.9. The summed E-state index contributed by atoms with van der Waals surface area (Å²) >= 11 is 1.83. The van der Waals surface area contributed by atoms with E-state index in [0.717, 1.165) is 30.3 Å². The van der Waals surface area contributed by atoms with Crippen molar-refractivity contribution in [3.63, 3.8) is 0 Å². The highest BCUT2D eigenvalue weighted by Crippen LogP contribution is 2.06. The molecule has 0 spiro atoms. The van der Waals surface area contributed by atoms with E-state index in [1.165, 1.54) is 5.56 Å². The number of aliphatic hydroxyl groups is 1. The Balaban J connectivity index is 1.64. The van der Waals surface area contributed by atoms with Crippen LogP contribution in [0, 0.1) is 0 Å². The fourth-order valence-electron chi connectivity index (χ4n) is 1.82. The molecule has 6 heteroatoms. The first kappa shape index (κ1) is 16.0. The Hall–Kier alpha value is -1.37. The third-order valence-corrected chi connectivity index (χ3v) is 3.93. The van der Waals surface area contributed by atoms with Gasteiger partial charge in [-0.25, -0.2) is 0 Å². The molecule has 1 heterocycles. The number of nitrogens with one attached hydrogen (secondary N) is 1. The smallest absolute Gasteiger partial charge is 0.240 e. The van der Waals surface area contributed by atoms with E-state index in [2.05, 4.69) is 27.6 Å². The van der Waals surface area contributed by atoms with Crippen molar-refractivity contribution in [2.45, 2.75) is 19.4 Å². The molecule has 0 saturated carbocycles. The van der Waals surface area contributed by atoms with E-state index < -0.39 is 0 Å². The minimum atomic E-state index is 0.270. The lowest BCUT2D eigenvalue weighted by Gasteiger charge is -2.01. The zero-order chi connectivity index (χ0) is 14.8. The summed E-state index contributed by atoms with van der Waals surface area (Å²) < 4.78 is 5.22. The molecule has 2 aromatic rings. The molecule has 5 nitrogen and oxygen atoms in total. The lowest BCUT2D eigenvalue weighted by Crippen LogP contribution is -2.17. The van der Waals surface area contributed by atoms with E-state index in [0.29, 0.717) is 18.9 Å². The van der Waals surface area contributed by atoms with Gasteiger partial charge in [0.05, 0.1) is 6.54 Å². The molecule has 1 aromatic carbocycles. The number of thioether (sulfide) groups is 1. The standard InChI is InChI=1S/C15H21N3O2S/c19-8-4-9-21-10-7-16-12-15-17-14(18-20-15)11-13-5-2-1-3-6-13/h1-3,5-6,16,19H,4,7-12H2. The zero-order valence-electron chi connectivity index (χ0n) is 12.0. The predicted octanol–water partition coefficient (Wildman–Crippen LogP) is 1.87. The molecule has 21 heavy (non-hydrogen) atoms. The maximum Gasteiger partial charge on any atom is 0.240 e. The first-order valence-corrected chi connectivity index (χ1v) is 8.28. The van der Waals surface area contributed by atoms with E-state index >= 15 is 0 Å². The van der Waals surface area contributed by atoms with Crippen molar-refractivity contribution in [2.24, 2.45) is 0 Å². The van der Waals surface area contributed by atoms with Crippen LogP contribution in [0.1, 0.15) is 23.7 Å². The largest absolute Gasteiger partial charge is 0.396 e. The van der Waals surface area contributed by atoms with Gasteiger partial charge in [0.2, 0.25) is 5.89 Å². The van der Waals surface area contributed by atoms with Crippen molar-refractivity contribution >= 4 is 11.8 Å². The Morgan fingerprint density at radius 1 is 1.19 bits per heavy atom. The van der Waals surface area contributed by atoms with Crippen LogP contribution in [-0.4, -0.2) is 39.9 Å². The van der Waals surface area contributed by atoms with Gasteiger partial charge in [0.25, 0.3) is 0 Å². The third-order valence-electron chi connectivity index (χ3n) is 2.86. The average Bonchev–Trinajstić information content (AvgIpc) is 2.95. The van der Waals surface area contributed by atoms with Crippen molar-refractivity contribution in [2.75, 3.05) is 24.7 Å². The van der Waals surface area contributed by atoms with Gasteiger partial charge >= 0.3 is 0 Å². The number of benzene rings is 1. The van der Waals surface area contributed by atoms with Gasteiger partial charge < -0.3 is 14.9 Å². The van der Waals surface area contributed by atoms with Gasteiger partial charge in [-0.05, 0) is 17.7 Å². The number of hydrogen-bond donors (Lipinski definition) is 2. The maximum atomic E-state index is 8.67. The number of aliphatic hydroxyl groups excluding tert-OH is 1. The fourth-order valence-corrected chi connectivity index (χ4v) is 2.65. The molecule has 0 radical (unpaired) electrons. The second-order valence-electron chi connectivity index (χ2n) is 4.63. The second-order valence-corrected chi connectivity index (χ2v) is 5.86. The van der Waals surface area contributed by atoms with Gasteiger partial charge in [-0.2, -0.15) is 16.7 Å². The molecule has 1 aromatic heterocycles. The molecule has 2 N–H and O–H groups in total. The molecule has 0 amide bonds. The minimum Gasteiger partial charge on any atom is -0.396 e. The van der Waals surface area contributed by atoms with Gasteiger partial charge in [-0.1, -0.05) is 35.5 Å². The van der Waals surface area contributed by atoms with Crippen LogP contribution in [0.4, 0.5) is 0 Å². The van der Waals surface area contributed by atoms with Crippen LogP contribution in [0.5, 0.6) is 0 Å². The summed E-state index contributed by atoms with van der Waals surface area (Å²) in [5.74, 6) is 3.36. The molecule has 0 saturated heterocycles. The highest BCUT2D eigenvalue weighted by atomic mass is 32.2. The Morgan fingerprint density at radius 3 is 2.86 bits per heavy atom. The van der Waals surface area contributed by atoms with Gasteiger partial charge in [0, 0.05) is 25.3 Å². The van der Waals surface area contributed by atoms with E-state index in [-0.39, 0.29) is 6.61 Å². The van der Waals surface area contributed by atoms with Gasteiger partial charge in [-0.15, -0.1) is 0 Å². The summed E-state index contributed by atoms with van der Waals surface area (Å²) in [7, 11) is 0. The number of rotatable bonds is 10. The highest BCUT2D eigenvalue weighted by molar-refractivity contribution is 7.99. The van der Waals surface area contributed by atoms with Crippen LogP contribution in [-0.2, 0) is 13.0 Å². The van der Waals surface area contributed by atoms with Crippen LogP contribution < -0.4 is 5.32 Å².